The Morgan fingerprint density at radius 1 is 0.700 bits per heavy atom. The second-order valence-electron chi connectivity index (χ2n) is 13.1. The molecule has 8 atom stereocenters. The third-order valence-corrected chi connectivity index (χ3v) is 8.66. The van der Waals surface area contributed by atoms with Crippen molar-refractivity contribution in [3.63, 3.8) is 0 Å². The summed E-state index contributed by atoms with van der Waals surface area (Å²) in [5, 5.41) is 64.1. The number of allylic oxidation sites excluding steroid dienone is 8. The number of nitrogens with one attached hydrogen (secondary N) is 1. The van der Waals surface area contributed by atoms with Crippen molar-refractivity contribution in [2.75, 3.05) is 13.2 Å². The molecule has 1 aliphatic heterocycles. The average molecular weight is 708 g/mol. The van der Waals surface area contributed by atoms with Crippen LogP contribution in [0, 0.1) is 0 Å². The van der Waals surface area contributed by atoms with Gasteiger partial charge < -0.3 is 45.4 Å². The van der Waals surface area contributed by atoms with E-state index >= 15 is 0 Å². The molecule has 8 unspecified atom stereocenters. The van der Waals surface area contributed by atoms with Crippen molar-refractivity contribution >= 4 is 5.91 Å². The van der Waals surface area contributed by atoms with Crippen molar-refractivity contribution < 1.29 is 44.9 Å². The standard InChI is InChI=1S/C40H69NO9/c1-3-5-7-9-11-13-15-17-19-20-22-24-26-28-33(43)32(31-49-40-38(47)37(46)36(45)35(30-42)50-40)41-39(48)34(44)29-27-25-23-21-18-16-14-12-10-8-6-4-2/h11,13,18-21,25-28,32-38,40,42-47H,3-10,12,14-17,22-24,29-31H2,1-2H3,(H,41,48)/b13-11+,20-19+,21-18-,27-25-,28-26+. The van der Waals surface area contributed by atoms with Gasteiger partial charge in [-0.3, -0.25) is 4.79 Å². The number of aliphatic hydroxyl groups excluding tert-OH is 6. The minimum atomic E-state index is -1.63. The van der Waals surface area contributed by atoms with E-state index in [1.54, 1.807) is 12.2 Å². The van der Waals surface area contributed by atoms with Gasteiger partial charge in [-0.2, -0.15) is 0 Å². The first-order valence-electron chi connectivity index (χ1n) is 19.1. The van der Waals surface area contributed by atoms with Gasteiger partial charge in [0.1, 0.15) is 30.5 Å². The highest BCUT2D eigenvalue weighted by Crippen LogP contribution is 2.22. The predicted octanol–water partition coefficient (Wildman–Crippen LogP) is 5.46. The summed E-state index contributed by atoms with van der Waals surface area (Å²) in [6.45, 7) is 3.45. The first-order valence-corrected chi connectivity index (χ1v) is 19.1. The lowest BCUT2D eigenvalue weighted by Gasteiger charge is -2.40. The number of hydrogen-bond acceptors (Lipinski definition) is 9. The summed E-state index contributed by atoms with van der Waals surface area (Å²) >= 11 is 0. The maximum absolute atomic E-state index is 12.9. The molecule has 0 bridgehead atoms. The number of aliphatic hydroxyl groups is 6. The fraction of sp³-hybridized carbons (Fsp3) is 0.725. The Bertz CT molecular complexity index is 980. The minimum absolute atomic E-state index is 0.0876. The van der Waals surface area contributed by atoms with Crippen LogP contribution in [0.4, 0.5) is 0 Å². The van der Waals surface area contributed by atoms with Gasteiger partial charge in [-0.25, -0.2) is 0 Å². The predicted molar refractivity (Wildman–Crippen MR) is 199 cm³/mol. The van der Waals surface area contributed by atoms with Crippen LogP contribution in [0.5, 0.6) is 0 Å². The van der Waals surface area contributed by atoms with Crippen LogP contribution in [0.1, 0.15) is 123 Å². The Morgan fingerprint density at radius 3 is 1.90 bits per heavy atom. The molecule has 1 fully saturated rings. The average Bonchev–Trinajstić information content (AvgIpc) is 3.11. The Hall–Kier alpha value is -2.15. The summed E-state index contributed by atoms with van der Waals surface area (Å²) in [5.41, 5.74) is 0. The molecule has 7 N–H and O–H groups in total. The van der Waals surface area contributed by atoms with Crippen molar-refractivity contribution in [2.24, 2.45) is 0 Å². The van der Waals surface area contributed by atoms with E-state index in [1.807, 2.05) is 6.08 Å². The van der Waals surface area contributed by atoms with Crippen LogP contribution in [0.25, 0.3) is 0 Å². The summed E-state index contributed by atoms with van der Waals surface area (Å²) < 4.78 is 11.0. The fourth-order valence-electron chi connectivity index (χ4n) is 5.41. The molecule has 10 nitrogen and oxygen atoms in total. The molecule has 288 valence electrons. The Morgan fingerprint density at radius 2 is 1.24 bits per heavy atom. The molecule has 1 heterocycles. The molecular weight excluding hydrogens is 638 g/mol. The Kier molecular flexibility index (Phi) is 28.0. The topological polar surface area (TPSA) is 169 Å². The van der Waals surface area contributed by atoms with E-state index in [9.17, 15) is 35.4 Å². The lowest BCUT2D eigenvalue weighted by atomic mass is 9.99. The van der Waals surface area contributed by atoms with Gasteiger partial charge >= 0.3 is 0 Å². The number of carbonyl (C=O) groups excluding carboxylic acids is 1. The molecule has 1 aliphatic rings. The molecular formula is C40H69NO9. The molecule has 0 aliphatic carbocycles. The lowest BCUT2D eigenvalue weighted by Crippen LogP contribution is -2.60. The maximum atomic E-state index is 12.9. The molecule has 0 radical (unpaired) electrons. The van der Waals surface area contributed by atoms with Crippen LogP contribution in [0.2, 0.25) is 0 Å². The number of ether oxygens (including phenoxy) is 2. The van der Waals surface area contributed by atoms with Crippen molar-refractivity contribution in [1.82, 2.24) is 5.32 Å². The molecule has 0 aromatic carbocycles. The quantitative estimate of drug-likeness (QED) is 0.0394. The van der Waals surface area contributed by atoms with Crippen LogP contribution in [0.3, 0.4) is 0 Å². The van der Waals surface area contributed by atoms with Gasteiger partial charge in [0.05, 0.1) is 25.4 Å². The lowest BCUT2D eigenvalue weighted by molar-refractivity contribution is -0.302. The van der Waals surface area contributed by atoms with E-state index in [1.165, 1.54) is 63.9 Å². The van der Waals surface area contributed by atoms with E-state index in [0.29, 0.717) is 12.8 Å². The van der Waals surface area contributed by atoms with Crippen LogP contribution >= 0.6 is 0 Å². The van der Waals surface area contributed by atoms with Gasteiger partial charge in [0, 0.05) is 6.42 Å². The number of unbranched alkanes of at least 4 members (excludes halogenated alkanes) is 11. The molecule has 50 heavy (non-hydrogen) atoms. The second kappa shape index (κ2) is 30.5. The zero-order chi connectivity index (χ0) is 36.8. The first kappa shape index (κ1) is 45.9. The van der Waals surface area contributed by atoms with E-state index in [0.717, 1.165) is 32.1 Å². The van der Waals surface area contributed by atoms with E-state index < -0.39 is 61.5 Å². The largest absolute Gasteiger partial charge is 0.394 e. The Labute approximate surface area is 301 Å². The summed E-state index contributed by atoms with van der Waals surface area (Å²) in [7, 11) is 0. The zero-order valence-corrected chi connectivity index (χ0v) is 30.7. The van der Waals surface area contributed by atoms with Crippen molar-refractivity contribution in [2.45, 2.75) is 172 Å². The van der Waals surface area contributed by atoms with Gasteiger partial charge in [-0.15, -0.1) is 0 Å². The summed E-state index contributed by atoms with van der Waals surface area (Å²) in [6, 6.07) is -1.03. The highest BCUT2D eigenvalue weighted by Gasteiger charge is 2.44. The molecule has 1 rings (SSSR count). The first-order chi connectivity index (χ1) is 24.3. The zero-order valence-electron chi connectivity index (χ0n) is 30.7. The second-order valence-corrected chi connectivity index (χ2v) is 13.1. The maximum Gasteiger partial charge on any atom is 0.249 e. The monoisotopic (exact) mass is 707 g/mol. The molecule has 1 saturated heterocycles. The molecule has 1 amide bonds. The molecule has 0 aromatic rings. The normalized spacial score (nSPS) is 23.6. The van der Waals surface area contributed by atoms with Crippen molar-refractivity contribution in [1.29, 1.82) is 0 Å². The van der Waals surface area contributed by atoms with E-state index in [-0.39, 0.29) is 13.0 Å². The van der Waals surface area contributed by atoms with Crippen molar-refractivity contribution in [3.8, 4) is 0 Å². The Balaban J connectivity index is 2.64. The summed E-state index contributed by atoms with van der Waals surface area (Å²) in [4.78, 5) is 12.9. The summed E-state index contributed by atoms with van der Waals surface area (Å²) in [6.07, 6.45) is 27.6. The van der Waals surface area contributed by atoms with E-state index in [4.69, 9.17) is 9.47 Å². The summed E-state index contributed by atoms with van der Waals surface area (Å²) in [5.74, 6) is -0.703. The van der Waals surface area contributed by atoms with E-state index in [2.05, 4.69) is 55.6 Å². The van der Waals surface area contributed by atoms with Gasteiger partial charge in [0.15, 0.2) is 6.29 Å². The van der Waals surface area contributed by atoms with Crippen LogP contribution in [-0.4, -0.2) is 98.7 Å². The number of carbonyl (C=O) groups is 1. The third-order valence-electron chi connectivity index (χ3n) is 8.66. The minimum Gasteiger partial charge on any atom is -0.394 e. The van der Waals surface area contributed by atoms with Gasteiger partial charge in [-0.05, 0) is 57.8 Å². The molecule has 0 saturated carbocycles. The number of rotatable bonds is 29. The van der Waals surface area contributed by atoms with Crippen molar-refractivity contribution in [3.05, 3.63) is 60.8 Å². The SMILES string of the molecule is CCCCC/C=C/CC/C=C/CC/C=C/C(O)C(COC1OC(CO)C(O)C(O)C1O)NC(=O)C(O)C/C=C\C/C=C\CCCCCCCC. The highest BCUT2D eigenvalue weighted by atomic mass is 16.7. The van der Waals surface area contributed by atoms with Crippen LogP contribution in [0.15, 0.2) is 60.8 Å². The molecule has 0 spiro atoms. The number of amides is 1. The van der Waals surface area contributed by atoms with Crippen LogP contribution < -0.4 is 5.32 Å². The molecule has 0 aromatic heterocycles. The fourth-order valence-corrected chi connectivity index (χ4v) is 5.41. The van der Waals surface area contributed by atoms with Crippen LogP contribution in [-0.2, 0) is 14.3 Å². The molecule has 10 heteroatoms. The van der Waals surface area contributed by atoms with Gasteiger partial charge in [0.2, 0.25) is 5.91 Å². The third kappa shape index (κ3) is 21.3. The highest BCUT2D eigenvalue weighted by molar-refractivity contribution is 5.81. The number of hydrogen-bond donors (Lipinski definition) is 7. The smallest absolute Gasteiger partial charge is 0.249 e. The van der Waals surface area contributed by atoms with Gasteiger partial charge in [-0.1, -0.05) is 120 Å². The van der Waals surface area contributed by atoms with Gasteiger partial charge in [0.25, 0.3) is 0 Å².